The highest BCUT2D eigenvalue weighted by molar-refractivity contribution is 8.03. The monoisotopic (exact) mass is 379 g/mol. The SMILES string of the molecule is CCN1CCCC1COc1ccc(CC2=CCC(c3ccccc3)S2)cc1. The molecule has 1 fully saturated rings. The highest BCUT2D eigenvalue weighted by Gasteiger charge is 2.23. The Balaban J connectivity index is 1.27. The first kappa shape index (κ1) is 18.6. The van der Waals surface area contributed by atoms with Gasteiger partial charge >= 0.3 is 0 Å². The fourth-order valence-electron chi connectivity index (χ4n) is 4.10. The van der Waals surface area contributed by atoms with Gasteiger partial charge in [0.25, 0.3) is 0 Å². The highest BCUT2D eigenvalue weighted by Crippen LogP contribution is 2.44. The number of benzene rings is 2. The fraction of sp³-hybridized carbons (Fsp3) is 0.417. The molecule has 3 heteroatoms. The lowest BCUT2D eigenvalue weighted by Gasteiger charge is -2.22. The Morgan fingerprint density at radius 3 is 2.67 bits per heavy atom. The molecule has 0 aromatic heterocycles. The molecule has 2 heterocycles. The first-order chi connectivity index (χ1) is 13.3. The van der Waals surface area contributed by atoms with Gasteiger partial charge in [0, 0.05) is 17.7 Å². The Labute approximate surface area is 167 Å². The van der Waals surface area contributed by atoms with Crippen LogP contribution in [-0.2, 0) is 6.42 Å². The first-order valence-corrected chi connectivity index (χ1v) is 11.1. The lowest BCUT2D eigenvalue weighted by atomic mass is 10.1. The third-order valence-electron chi connectivity index (χ3n) is 5.67. The van der Waals surface area contributed by atoms with Crippen LogP contribution < -0.4 is 4.74 Å². The average Bonchev–Trinajstić information content (AvgIpc) is 3.37. The Morgan fingerprint density at radius 1 is 1.07 bits per heavy atom. The standard InChI is InChI=1S/C24H29NOS/c1-2-25-16-6-9-21(25)18-26-22-12-10-19(11-13-22)17-23-14-15-24(27-23)20-7-4-3-5-8-20/h3-5,7-8,10-14,21,24H,2,6,9,15-18H2,1H3. The molecule has 2 aliphatic heterocycles. The van der Waals surface area contributed by atoms with Gasteiger partial charge in [-0.1, -0.05) is 55.5 Å². The van der Waals surface area contributed by atoms with E-state index in [2.05, 4.69) is 72.5 Å². The largest absolute Gasteiger partial charge is 0.492 e. The summed E-state index contributed by atoms with van der Waals surface area (Å²) in [6.07, 6.45) is 7.14. The molecule has 0 N–H and O–H groups in total. The normalized spacial score (nSPS) is 22.8. The quantitative estimate of drug-likeness (QED) is 0.598. The zero-order valence-electron chi connectivity index (χ0n) is 16.1. The number of likely N-dealkylation sites (N-methyl/N-ethyl adjacent to an activating group) is 1. The van der Waals surface area contributed by atoms with Gasteiger partial charge in [-0.05, 0) is 60.5 Å². The van der Waals surface area contributed by atoms with E-state index in [0.717, 1.165) is 31.7 Å². The van der Waals surface area contributed by atoms with Crippen LogP contribution in [0.2, 0.25) is 0 Å². The van der Waals surface area contributed by atoms with E-state index in [-0.39, 0.29) is 0 Å². The van der Waals surface area contributed by atoms with E-state index in [4.69, 9.17) is 4.74 Å². The summed E-state index contributed by atoms with van der Waals surface area (Å²) >= 11 is 2.02. The first-order valence-electron chi connectivity index (χ1n) is 10.2. The summed E-state index contributed by atoms with van der Waals surface area (Å²) in [6.45, 7) is 5.40. The molecule has 142 valence electrons. The molecule has 2 aromatic rings. The molecule has 0 amide bonds. The zero-order chi connectivity index (χ0) is 18.5. The zero-order valence-corrected chi connectivity index (χ0v) is 17.0. The molecule has 0 spiro atoms. The van der Waals surface area contributed by atoms with Crippen LogP contribution in [0.3, 0.4) is 0 Å². The predicted molar refractivity (Wildman–Crippen MR) is 115 cm³/mol. The molecule has 2 unspecified atom stereocenters. The predicted octanol–water partition coefficient (Wildman–Crippen LogP) is 5.85. The van der Waals surface area contributed by atoms with E-state index in [1.807, 2.05) is 11.8 Å². The summed E-state index contributed by atoms with van der Waals surface area (Å²) in [4.78, 5) is 4.02. The van der Waals surface area contributed by atoms with E-state index < -0.39 is 0 Å². The van der Waals surface area contributed by atoms with Crippen molar-refractivity contribution in [2.45, 2.75) is 43.9 Å². The summed E-state index contributed by atoms with van der Waals surface area (Å²) < 4.78 is 6.06. The molecule has 2 nitrogen and oxygen atoms in total. The van der Waals surface area contributed by atoms with Crippen LogP contribution in [0.25, 0.3) is 0 Å². The number of rotatable bonds is 7. The molecular formula is C24H29NOS. The lowest BCUT2D eigenvalue weighted by Crippen LogP contribution is -2.33. The van der Waals surface area contributed by atoms with E-state index in [9.17, 15) is 0 Å². The van der Waals surface area contributed by atoms with Crippen molar-refractivity contribution >= 4 is 11.8 Å². The Hall–Kier alpha value is -1.71. The molecule has 0 bridgehead atoms. The number of hydrogen-bond acceptors (Lipinski definition) is 3. The summed E-state index contributed by atoms with van der Waals surface area (Å²) in [5.41, 5.74) is 2.80. The van der Waals surface area contributed by atoms with Crippen molar-refractivity contribution in [2.24, 2.45) is 0 Å². The van der Waals surface area contributed by atoms with Crippen molar-refractivity contribution in [1.82, 2.24) is 4.90 Å². The van der Waals surface area contributed by atoms with Crippen molar-refractivity contribution in [1.29, 1.82) is 0 Å². The van der Waals surface area contributed by atoms with Gasteiger partial charge in [-0.2, -0.15) is 0 Å². The van der Waals surface area contributed by atoms with Crippen LogP contribution in [0.5, 0.6) is 5.75 Å². The second kappa shape index (κ2) is 8.99. The van der Waals surface area contributed by atoms with E-state index in [1.54, 1.807) is 0 Å². The van der Waals surface area contributed by atoms with Crippen molar-refractivity contribution in [3.05, 3.63) is 76.7 Å². The van der Waals surface area contributed by atoms with E-state index in [0.29, 0.717) is 11.3 Å². The van der Waals surface area contributed by atoms with Gasteiger partial charge in [0.05, 0.1) is 0 Å². The smallest absolute Gasteiger partial charge is 0.119 e. The average molecular weight is 380 g/mol. The van der Waals surface area contributed by atoms with Crippen LogP contribution in [-0.4, -0.2) is 30.6 Å². The topological polar surface area (TPSA) is 12.5 Å². The maximum absolute atomic E-state index is 6.06. The van der Waals surface area contributed by atoms with Gasteiger partial charge in [0.15, 0.2) is 0 Å². The van der Waals surface area contributed by atoms with Gasteiger partial charge in [-0.15, -0.1) is 11.8 Å². The van der Waals surface area contributed by atoms with Gasteiger partial charge < -0.3 is 4.74 Å². The Kier molecular flexibility index (Phi) is 6.21. The molecule has 2 aromatic carbocycles. The Bertz CT molecular complexity index is 756. The maximum atomic E-state index is 6.06. The number of likely N-dealkylation sites (tertiary alicyclic amines) is 1. The van der Waals surface area contributed by atoms with Crippen LogP contribution in [0.1, 0.15) is 42.6 Å². The minimum Gasteiger partial charge on any atom is -0.492 e. The summed E-state index contributed by atoms with van der Waals surface area (Å²) in [5, 5.41) is 0.580. The fourth-order valence-corrected chi connectivity index (χ4v) is 5.39. The molecule has 27 heavy (non-hydrogen) atoms. The summed E-state index contributed by atoms with van der Waals surface area (Å²) in [5.74, 6) is 0.997. The molecule has 0 radical (unpaired) electrons. The number of ether oxygens (including phenoxy) is 1. The Morgan fingerprint density at radius 2 is 1.89 bits per heavy atom. The van der Waals surface area contributed by atoms with Crippen molar-refractivity contribution in [3.63, 3.8) is 0 Å². The van der Waals surface area contributed by atoms with Gasteiger partial charge in [0.2, 0.25) is 0 Å². The van der Waals surface area contributed by atoms with Crippen molar-refractivity contribution < 1.29 is 4.74 Å². The third kappa shape index (κ3) is 4.77. The molecule has 4 rings (SSSR count). The van der Waals surface area contributed by atoms with Gasteiger partial charge in [-0.3, -0.25) is 4.90 Å². The third-order valence-corrected chi connectivity index (χ3v) is 7.04. The van der Waals surface area contributed by atoms with E-state index in [1.165, 1.54) is 35.4 Å². The second-order valence-corrected chi connectivity index (χ2v) is 8.81. The maximum Gasteiger partial charge on any atom is 0.119 e. The number of hydrogen-bond donors (Lipinski definition) is 0. The van der Waals surface area contributed by atoms with Crippen molar-refractivity contribution in [2.75, 3.05) is 19.7 Å². The molecule has 2 aliphatic rings. The number of nitrogens with zero attached hydrogens (tertiary/aromatic N) is 1. The van der Waals surface area contributed by atoms with Crippen LogP contribution >= 0.6 is 11.8 Å². The van der Waals surface area contributed by atoms with Gasteiger partial charge in [0.1, 0.15) is 12.4 Å². The minimum atomic E-state index is 0.580. The van der Waals surface area contributed by atoms with Crippen LogP contribution in [0.15, 0.2) is 65.6 Å². The van der Waals surface area contributed by atoms with Gasteiger partial charge in [-0.25, -0.2) is 0 Å². The molecular weight excluding hydrogens is 350 g/mol. The molecule has 1 saturated heterocycles. The lowest BCUT2D eigenvalue weighted by molar-refractivity contribution is 0.179. The summed E-state index contributed by atoms with van der Waals surface area (Å²) in [7, 11) is 0. The molecule has 0 aliphatic carbocycles. The number of allylic oxidation sites excluding steroid dienone is 2. The van der Waals surface area contributed by atoms with Crippen molar-refractivity contribution in [3.8, 4) is 5.75 Å². The minimum absolute atomic E-state index is 0.580. The molecule has 0 saturated carbocycles. The highest BCUT2D eigenvalue weighted by atomic mass is 32.2. The van der Waals surface area contributed by atoms with Crippen LogP contribution in [0.4, 0.5) is 0 Å². The summed E-state index contributed by atoms with van der Waals surface area (Å²) in [6, 6.07) is 20.1. The second-order valence-electron chi connectivity index (χ2n) is 7.48. The van der Waals surface area contributed by atoms with E-state index >= 15 is 0 Å². The molecule has 2 atom stereocenters. The number of thioether (sulfide) groups is 1. The van der Waals surface area contributed by atoms with Crippen LogP contribution in [0, 0.1) is 0 Å².